The van der Waals surface area contributed by atoms with Crippen molar-refractivity contribution in [1.82, 2.24) is 5.43 Å². The van der Waals surface area contributed by atoms with Crippen LogP contribution in [0.5, 0.6) is 17.2 Å². The van der Waals surface area contributed by atoms with E-state index in [2.05, 4.69) is 26.5 Å². The number of nitrogens with zero attached hydrogens (tertiary/aromatic N) is 1. The van der Waals surface area contributed by atoms with Gasteiger partial charge < -0.3 is 14.2 Å². The molecule has 0 bridgehead atoms. The lowest BCUT2D eigenvalue weighted by Gasteiger charge is -2.18. The van der Waals surface area contributed by atoms with Crippen molar-refractivity contribution in [3.05, 3.63) is 52.5 Å². The summed E-state index contributed by atoms with van der Waals surface area (Å²) in [5, 5.41) is 3.91. The summed E-state index contributed by atoms with van der Waals surface area (Å²) in [6.45, 7) is 0.959. The third-order valence-corrected chi connectivity index (χ3v) is 3.63. The van der Waals surface area contributed by atoms with E-state index in [0.717, 1.165) is 10.0 Å². The summed E-state index contributed by atoms with van der Waals surface area (Å²) < 4.78 is 17.2. The number of nitrogens with one attached hydrogen (secondary N) is 1. The number of hydrogen-bond donors (Lipinski definition) is 1. The van der Waals surface area contributed by atoms with Gasteiger partial charge in [0.2, 0.25) is 0 Å². The van der Waals surface area contributed by atoms with Gasteiger partial charge in [-0.3, -0.25) is 4.79 Å². The van der Waals surface area contributed by atoms with Gasteiger partial charge in [-0.1, -0.05) is 22.0 Å². The van der Waals surface area contributed by atoms with Gasteiger partial charge >= 0.3 is 0 Å². The third-order valence-electron chi connectivity index (χ3n) is 3.14. The Kier molecular flexibility index (Phi) is 5.32. The molecular formula is C17H15BrN2O4. The first-order valence-corrected chi connectivity index (χ1v) is 8.10. The number of benzene rings is 2. The van der Waals surface area contributed by atoms with E-state index < -0.39 is 0 Å². The zero-order valence-electron chi connectivity index (χ0n) is 12.7. The van der Waals surface area contributed by atoms with Crippen molar-refractivity contribution in [3.63, 3.8) is 0 Å². The molecule has 124 valence electrons. The lowest BCUT2D eigenvalue weighted by atomic mass is 10.2. The Bertz CT molecular complexity index is 764. The number of halogens is 1. The fourth-order valence-corrected chi connectivity index (χ4v) is 2.44. The molecule has 2 aromatic carbocycles. The summed E-state index contributed by atoms with van der Waals surface area (Å²) in [5.41, 5.74) is 3.22. The molecular weight excluding hydrogens is 376 g/mol. The highest BCUT2D eigenvalue weighted by Crippen LogP contribution is 2.30. The van der Waals surface area contributed by atoms with Crippen LogP contribution >= 0.6 is 15.9 Å². The van der Waals surface area contributed by atoms with Crippen LogP contribution in [0.1, 0.15) is 5.56 Å². The van der Waals surface area contributed by atoms with E-state index in [0.29, 0.717) is 30.5 Å². The molecule has 0 radical (unpaired) electrons. The Morgan fingerprint density at radius 1 is 1.21 bits per heavy atom. The highest BCUT2D eigenvalue weighted by Gasteiger charge is 2.10. The number of fused-ring (bicyclic) bond motifs is 1. The summed E-state index contributed by atoms with van der Waals surface area (Å²) in [7, 11) is 0. The van der Waals surface area contributed by atoms with E-state index in [1.165, 1.54) is 6.21 Å². The second kappa shape index (κ2) is 7.83. The molecule has 6 nitrogen and oxygen atoms in total. The van der Waals surface area contributed by atoms with Gasteiger partial charge in [-0.2, -0.15) is 5.10 Å². The molecule has 24 heavy (non-hydrogen) atoms. The normalized spacial score (nSPS) is 12.9. The number of amides is 1. The summed E-state index contributed by atoms with van der Waals surface area (Å²) in [5.74, 6) is 1.65. The molecule has 0 saturated carbocycles. The number of hydrazone groups is 1. The lowest BCUT2D eigenvalue weighted by Crippen LogP contribution is -2.24. The topological polar surface area (TPSA) is 69.2 Å². The average molecular weight is 391 g/mol. The van der Waals surface area contributed by atoms with E-state index in [1.54, 1.807) is 12.1 Å². The third kappa shape index (κ3) is 4.48. The van der Waals surface area contributed by atoms with Gasteiger partial charge in [0.1, 0.15) is 19.0 Å². The fraction of sp³-hybridized carbons (Fsp3) is 0.176. The number of carbonyl (C=O) groups is 1. The van der Waals surface area contributed by atoms with Crippen LogP contribution in [-0.4, -0.2) is 31.9 Å². The molecule has 0 spiro atoms. The SMILES string of the molecule is O=C(COc1cccc(Br)c1)N/N=C/c1ccc2c(c1)OCCO2. The largest absolute Gasteiger partial charge is 0.486 e. The van der Waals surface area contributed by atoms with Crippen LogP contribution in [0.25, 0.3) is 0 Å². The lowest BCUT2D eigenvalue weighted by molar-refractivity contribution is -0.123. The highest BCUT2D eigenvalue weighted by molar-refractivity contribution is 9.10. The van der Waals surface area contributed by atoms with Gasteiger partial charge in [-0.15, -0.1) is 0 Å². The number of rotatable bonds is 5. The van der Waals surface area contributed by atoms with Gasteiger partial charge in [0.25, 0.3) is 5.91 Å². The minimum absolute atomic E-state index is 0.116. The quantitative estimate of drug-likeness (QED) is 0.629. The Hall–Kier alpha value is -2.54. The number of ether oxygens (including phenoxy) is 3. The maximum absolute atomic E-state index is 11.7. The number of carbonyl (C=O) groups excluding carboxylic acids is 1. The van der Waals surface area contributed by atoms with Crippen LogP contribution in [0.3, 0.4) is 0 Å². The van der Waals surface area contributed by atoms with Crippen molar-refractivity contribution in [2.75, 3.05) is 19.8 Å². The van der Waals surface area contributed by atoms with Gasteiger partial charge in [0.15, 0.2) is 18.1 Å². The average Bonchev–Trinajstić information content (AvgIpc) is 2.60. The zero-order chi connectivity index (χ0) is 16.8. The van der Waals surface area contributed by atoms with Crippen molar-refractivity contribution in [2.45, 2.75) is 0 Å². The van der Waals surface area contributed by atoms with Gasteiger partial charge in [-0.25, -0.2) is 5.43 Å². The van der Waals surface area contributed by atoms with E-state index in [-0.39, 0.29) is 12.5 Å². The van der Waals surface area contributed by atoms with E-state index >= 15 is 0 Å². The van der Waals surface area contributed by atoms with Gasteiger partial charge in [0, 0.05) is 4.47 Å². The molecule has 1 aliphatic heterocycles. The van der Waals surface area contributed by atoms with Crippen molar-refractivity contribution in [2.24, 2.45) is 5.10 Å². The Labute approximate surface area is 147 Å². The van der Waals surface area contributed by atoms with E-state index in [1.807, 2.05) is 30.3 Å². The minimum Gasteiger partial charge on any atom is -0.486 e. The van der Waals surface area contributed by atoms with Crippen molar-refractivity contribution in [3.8, 4) is 17.2 Å². The first kappa shape index (κ1) is 16.3. The predicted octanol–water partition coefficient (Wildman–Crippen LogP) is 2.75. The smallest absolute Gasteiger partial charge is 0.277 e. The van der Waals surface area contributed by atoms with E-state index in [9.17, 15) is 4.79 Å². The first-order valence-electron chi connectivity index (χ1n) is 7.30. The van der Waals surface area contributed by atoms with Gasteiger partial charge in [-0.05, 0) is 42.0 Å². The van der Waals surface area contributed by atoms with Crippen LogP contribution in [0.2, 0.25) is 0 Å². The molecule has 3 rings (SSSR count). The summed E-state index contributed by atoms with van der Waals surface area (Å²) >= 11 is 3.34. The molecule has 0 unspecified atom stereocenters. The number of hydrogen-bond acceptors (Lipinski definition) is 5. The summed E-state index contributed by atoms with van der Waals surface area (Å²) in [6, 6.07) is 12.7. The standard InChI is InChI=1S/C17H15BrN2O4/c18-13-2-1-3-14(9-13)24-11-17(21)20-19-10-12-4-5-15-16(8-12)23-7-6-22-15/h1-5,8-10H,6-7,11H2,(H,20,21)/b19-10+. The first-order chi connectivity index (χ1) is 11.7. The second-order valence-corrected chi connectivity index (χ2v) is 5.86. The van der Waals surface area contributed by atoms with E-state index in [4.69, 9.17) is 14.2 Å². The monoisotopic (exact) mass is 390 g/mol. The Balaban J connectivity index is 1.49. The Morgan fingerprint density at radius 2 is 2.04 bits per heavy atom. The molecule has 0 saturated heterocycles. The molecule has 1 N–H and O–H groups in total. The highest BCUT2D eigenvalue weighted by atomic mass is 79.9. The van der Waals surface area contributed by atoms with Crippen LogP contribution in [0.4, 0.5) is 0 Å². The maximum Gasteiger partial charge on any atom is 0.277 e. The summed E-state index contributed by atoms with van der Waals surface area (Å²) in [6.07, 6.45) is 1.54. The molecule has 0 fully saturated rings. The predicted molar refractivity (Wildman–Crippen MR) is 92.8 cm³/mol. The van der Waals surface area contributed by atoms with Crippen LogP contribution in [0, 0.1) is 0 Å². The second-order valence-electron chi connectivity index (χ2n) is 4.94. The summed E-state index contributed by atoms with van der Waals surface area (Å²) in [4.78, 5) is 11.7. The zero-order valence-corrected chi connectivity index (χ0v) is 14.3. The van der Waals surface area contributed by atoms with Gasteiger partial charge in [0.05, 0.1) is 6.21 Å². The molecule has 1 aliphatic rings. The molecule has 1 heterocycles. The molecule has 1 amide bonds. The van der Waals surface area contributed by atoms with Crippen molar-refractivity contribution < 1.29 is 19.0 Å². The molecule has 0 atom stereocenters. The van der Waals surface area contributed by atoms with Crippen molar-refractivity contribution in [1.29, 1.82) is 0 Å². The molecule has 2 aromatic rings. The molecule has 7 heteroatoms. The Morgan fingerprint density at radius 3 is 2.88 bits per heavy atom. The molecule has 0 aromatic heterocycles. The van der Waals surface area contributed by atoms with Crippen LogP contribution in [0.15, 0.2) is 52.0 Å². The maximum atomic E-state index is 11.7. The van der Waals surface area contributed by atoms with Crippen molar-refractivity contribution >= 4 is 28.1 Å². The molecule has 0 aliphatic carbocycles. The fourth-order valence-electron chi connectivity index (χ4n) is 2.06. The van der Waals surface area contributed by atoms with Crippen LogP contribution in [-0.2, 0) is 4.79 Å². The minimum atomic E-state index is -0.344. The van der Waals surface area contributed by atoms with Crippen LogP contribution < -0.4 is 19.6 Å².